The summed E-state index contributed by atoms with van der Waals surface area (Å²) in [5, 5.41) is 9.11. The average Bonchev–Trinajstić information content (AvgIpc) is 2.84. The fourth-order valence-electron chi connectivity index (χ4n) is 2.66. The van der Waals surface area contributed by atoms with Crippen molar-refractivity contribution < 1.29 is 9.90 Å². The highest BCUT2D eigenvalue weighted by Crippen LogP contribution is 2.28. The van der Waals surface area contributed by atoms with Crippen molar-refractivity contribution in [2.45, 2.75) is 39.5 Å². The van der Waals surface area contributed by atoms with Crippen LogP contribution in [0.15, 0.2) is 18.2 Å². The molecule has 0 saturated heterocycles. The van der Waals surface area contributed by atoms with Crippen molar-refractivity contribution in [3.8, 4) is 0 Å². The predicted octanol–water partition coefficient (Wildman–Crippen LogP) is 3.05. The van der Waals surface area contributed by atoms with Gasteiger partial charge in [-0.05, 0) is 30.0 Å². The predicted molar refractivity (Wildman–Crippen MR) is 81.8 cm³/mol. The molecule has 1 aromatic carbocycles. The Kier molecular flexibility index (Phi) is 2.83. The Bertz CT molecular complexity index is 850. The van der Waals surface area contributed by atoms with Gasteiger partial charge in [-0.2, -0.15) is 0 Å². The summed E-state index contributed by atoms with van der Waals surface area (Å²) in [7, 11) is 0. The van der Waals surface area contributed by atoms with Crippen LogP contribution >= 0.6 is 0 Å². The van der Waals surface area contributed by atoms with Gasteiger partial charge < -0.3 is 10.1 Å². The van der Waals surface area contributed by atoms with Crippen LogP contribution < -0.4 is 0 Å². The monoisotopic (exact) mass is 285 g/mol. The summed E-state index contributed by atoms with van der Waals surface area (Å²) in [5.74, 6) is -0.141. The Morgan fingerprint density at radius 2 is 2.10 bits per heavy atom. The van der Waals surface area contributed by atoms with Crippen LogP contribution in [-0.4, -0.2) is 25.4 Å². The van der Waals surface area contributed by atoms with Crippen LogP contribution in [0, 0.1) is 6.92 Å². The molecule has 0 radical (unpaired) electrons. The number of fused-ring (bicyclic) bond motifs is 3. The number of carboxylic acid groups (broad SMARTS) is 1. The van der Waals surface area contributed by atoms with E-state index in [-0.39, 0.29) is 11.8 Å². The number of imidazole rings is 2. The van der Waals surface area contributed by atoms with E-state index in [2.05, 4.69) is 42.9 Å². The van der Waals surface area contributed by atoms with E-state index in [0.29, 0.717) is 5.78 Å². The molecule has 3 aromatic rings. The van der Waals surface area contributed by atoms with E-state index in [0.717, 1.165) is 22.4 Å². The van der Waals surface area contributed by atoms with Gasteiger partial charge in [-0.15, -0.1) is 0 Å². The largest absolute Gasteiger partial charge is 0.481 e. The Balaban J connectivity index is 2.33. The van der Waals surface area contributed by atoms with Crippen LogP contribution in [0.25, 0.3) is 16.8 Å². The van der Waals surface area contributed by atoms with Gasteiger partial charge in [0.15, 0.2) is 0 Å². The molecule has 0 bridgehead atoms. The molecular weight excluding hydrogens is 266 g/mol. The second-order valence-corrected chi connectivity index (χ2v) is 6.49. The van der Waals surface area contributed by atoms with Gasteiger partial charge in [-0.3, -0.25) is 9.20 Å². The summed E-state index contributed by atoms with van der Waals surface area (Å²) >= 11 is 0. The smallest absolute Gasteiger partial charge is 0.309 e. The van der Waals surface area contributed by atoms with Crippen molar-refractivity contribution in [1.82, 2.24) is 14.4 Å². The Morgan fingerprint density at radius 1 is 1.38 bits per heavy atom. The Hall–Kier alpha value is -2.30. The summed E-state index contributed by atoms with van der Waals surface area (Å²) in [4.78, 5) is 18.8. The lowest BCUT2D eigenvalue weighted by Gasteiger charge is -2.18. The van der Waals surface area contributed by atoms with Gasteiger partial charge in [-0.1, -0.05) is 26.8 Å². The number of carbonyl (C=O) groups is 1. The number of nitrogens with zero attached hydrogens (tertiary/aromatic N) is 2. The summed E-state index contributed by atoms with van der Waals surface area (Å²) in [6.45, 7) is 8.36. The van der Waals surface area contributed by atoms with Crippen molar-refractivity contribution in [3.63, 3.8) is 0 Å². The third-order valence-corrected chi connectivity index (χ3v) is 3.84. The summed E-state index contributed by atoms with van der Waals surface area (Å²) in [5.41, 5.74) is 4.68. The van der Waals surface area contributed by atoms with E-state index in [1.54, 1.807) is 0 Å². The van der Waals surface area contributed by atoms with Crippen molar-refractivity contribution >= 4 is 22.8 Å². The standard InChI is InChI=1S/C16H19N3O2/c1-9-12(8-14(20)21)19-13-7-10(16(2,3)4)5-6-11(13)18-15(19)17-9/h5-7H,8H2,1-4H3,(H,17,18)(H,20,21). The lowest BCUT2D eigenvalue weighted by Crippen LogP contribution is -2.11. The molecule has 0 atom stereocenters. The molecule has 0 aliphatic heterocycles. The minimum Gasteiger partial charge on any atom is -0.481 e. The van der Waals surface area contributed by atoms with Gasteiger partial charge in [0.05, 0.1) is 23.1 Å². The first-order chi connectivity index (χ1) is 9.77. The first-order valence-electron chi connectivity index (χ1n) is 6.99. The molecular formula is C16H19N3O2. The molecule has 2 aromatic heterocycles. The van der Waals surface area contributed by atoms with Crippen molar-refractivity contribution in [1.29, 1.82) is 0 Å². The third-order valence-electron chi connectivity index (χ3n) is 3.84. The number of aromatic nitrogens is 3. The molecule has 0 aliphatic rings. The van der Waals surface area contributed by atoms with Crippen LogP contribution in [0.2, 0.25) is 0 Å². The number of hydrogen-bond acceptors (Lipinski definition) is 2. The van der Waals surface area contributed by atoms with Gasteiger partial charge in [0.1, 0.15) is 0 Å². The summed E-state index contributed by atoms with van der Waals surface area (Å²) < 4.78 is 1.92. The first-order valence-corrected chi connectivity index (χ1v) is 6.99. The van der Waals surface area contributed by atoms with E-state index in [4.69, 9.17) is 5.11 Å². The van der Waals surface area contributed by atoms with E-state index in [9.17, 15) is 4.79 Å². The highest BCUT2D eigenvalue weighted by molar-refractivity contribution is 5.82. The van der Waals surface area contributed by atoms with Crippen molar-refractivity contribution in [3.05, 3.63) is 35.2 Å². The van der Waals surface area contributed by atoms with Crippen LogP contribution in [0.4, 0.5) is 0 Å². The van der Waals surface area contributed by atoms with Crippen molar-refractivity contribution in [2.75, 3.05) is 0 Å². The molecule has 0 aliphatic carbocycles. The van der Waals surface area contributed by atoms with E-state index in [1.807, 2.05) is 17.4 Å². The number of aryl methyl sites for hydroxylation is 1. The Morgan fingerprint density at radius 3 is 2.71 bits per heavy atom. The van der Waals surface area contributed by atoms with Crippen molar-refractivity contribution in [2.24, 2.45) is 0 Å². The third kappa shape index (κ3) is 2.18. The number of aliphatic carboxylic acids is 1. The number of carboxylic acids is 1. The first kappa shape index (κ1) is 13.7. The molecule has 110 valence electrons. The number of hydrogen-bond donors (Lipinski definition) is 2. The number of benzene rings is 1. The zero-order chi connectivity index (χ0) is 15.4. The van der Waals surface area contributed by atoms with Gasteiger partial charge in [-0.25, -0.2) is 4.98 Å². The number of nitrogens with one attached hydrogen (secondary N) is 1. The molecule has 2 heterocycles. The normalized spacial score (nSPS) is 12.4. The zero-order valence-electron chi connectivity index (χ0n) is 12.7. The number of rotatable bonds is 2. The van der Waals surface area contributed by atoms with E-state index >= 15 is 0 Å². The van der Waals surface area contributed by atoms with Gasteiger partial charge in [0.25, 0.3) is 0 Å². The lowest BCUT2D eigenvalue weighted by atomic mass is 9.87. The molecule has 21 heavy (non-hydrogen) atoms. The fourth-order valence-corrected chi connectivity index (χ4v) is 2.66. The van der Waals surface area contributed by atoms with Crippen LogP contribution in [-0.2, 0) is 16.6 Å². The topological polar surface area (TPSA) is 70.4 Å². The Labute approximate surface area is 122 Å². The number of H-pyrrole nitrogens is 1. The fraction of sp³-hybridized carbons (Fsp3) is 0.375. The van der Waals surface area contributed by atoms with Crippen LogP contribution in [0.5, 0.6) is 0 Å². The molecule has 0 fully saturated rings. The summed E-state index contributed by atoms with van der Waals surface area (Å²) in [6, 6.07) is 6.18. The average molecular weight is 285 g/mol. The highest BCUT2D eigenvalue weighted by Gasteiger charge is 2.19. The molecule has 2 N–H and O–H groups in total. The van der Waals surface area contributed by atoms with Crippen LogP contribution in [0.1, 0.15) is 37.7 Å². The molecule has 5 heteroatoms. The minimum absolute atomic E-state index is 0.0168. The quantitative estimate of drug-likeness (QED) is 0.760. The molecule has 3 rings (SSSR count). The summed E-state index contributed by atoms with van der Waals surface area (Å²) in [6.07, 6.45) is -0.0168. The number of aromatic amines is 1. The minimum atomic E-state index is -0.840. The second kappa shape index (κ2) is 4.35. The van der Waals surface area contributed by atoms with Gasteiger partial charge >= 0.3 is 5.97 Å². The molecule has 0 unspecified atom stereocenters. The second-order valence-electron chi connectivity index (χ2n) is 6.49. The molecule has 0 amide bonds. The van der Waals surface area contributed by atoms with Gasteiger partial charge in [0.2, 0.25) is 5.78 Å². The maximum atomic E-state index is 11.1. The zero-order valence-corrected chi connectivity index (χ0v) is 12.7. The molecule has 5 nitrogen and oxygen atoms in total. The SMILES string of the molecule is Cc1[nH]c2nc3ccc(C(C)(C)C)cc3n2c1CC(=O)O. The highest BCUT2D eigenvalue weighted by atomic mass is 16.4. The lowest BCUT2D eigenvalue weighted by molar-refractivity contribution is -0.136. The maximum Gasteiger partial charge on any atom is 0.309 e. The van der Waals surface area contributed by atoms with E-state index in [1.165, 1.54) is 5.56 Å². The van der Waals surface area contributed by atoms with Crippen LogP contribution in [0.3, 0.4) is 0 Å². The van der Waals surface area contributed by atoms with Gasteiger partial charge in [0, 0.05) is 5.69 Å². The maximum absolute atomic E-state index is 11.1. The molecule has 0 spiro atoms. The molecule has 0 saturated carbocycles. The van der Waals surface area contributed by atoms with E-state index < -0.39 is 5.97 Å².